The molecular formula is C26H16F6. The number of halogens is 6. The molecule has 0 radical (unpaired) electrons. The van der Waals surface area contributed by atoms with E-state index in [9.17, 15) is 26.3 Å². The summed E-state index contributed by atoms with van der Waals surface area (Å²) in [4.78, 5) is 0. The van der Waals surface area contributed by atoms with Crippen molar-refractivity contribution in [3.8, 4) is 33.4 Å². The van der Waals surface area contributed by atoms with E-state index in [2.05, 4.69) is 0 Å². The molecule has 4 aromatic rings. The van der Waals surface area contributed by atoms with Gasteiger partial charge in [-0.25, -0.2) is 26.3 Å². The molecule has 0 atom stereocenters. The summed E-state index contributed by atoms with van der Waals surface area (Å²) in [6.45, 7) is 2.02. The van der Waals surface area contributed by atoms with Gasteiger partial charge in [-0.1, -0.05) is 43.3 Å². The maximum atomic E-state index is 14.8. The molecule has 0 fully saturated rings. The number of benzene rings is 4. The molecular weight excluding hydrogens is 426 g/mol. The van der Waals surface area contributed by atoms with Crippen LogP contribution in [0.4, 0.5) is 26.3 Å². The van der Waals surface area contributed by atoms with E-state index in [1.807, 2.05) is 31.2 Å². The summed E-state index contributed by atoms with van der Waals surface area (Å²) in [6.07, 6.45) is 0.873. The van der Waals surface area contributed by atoms with Gasteiger partial charge in [-0.15, -0.1) is 0 Å². The maximum absolute atomic E-state index is 14.8. The Morgan fingerprint density at radius 2 is 1.00 bits per heavy atom. The molecule has 0 heterocycles. The van der Waals surface area contributed by atoms with Crippen molar-refractivity contribution >= 4 is 0 Å². The largest absolute Gasteiger partial charge is 0.206 e. The quantitative estimate of drug-likeness (QED) is 0.221. The van der Waals surface area contributed by atoms with Gasteiger partial charge in [0.15, 0.2) is 17.5 Å². The smallest absolute Gasteiger partial charge is 0.194 e. The Hall–Kier alpha value is -3.54. The van der Waals surface area contributed by atoms with Gasteiger partial charge in [0, 0.05) is 5.56 Å². The lowest BCUT2D eigenvalue weighted by Crippen LogP contribution is -1.97. The highest BCUT2D eigenvalue weighted by molar-refractivity contribution is 5.74. The molecule has 0 aromatic heterocycles. The maximum Gasteiger partial charge on any atom is 0.194 e. The lowest BCUT2D eigenvalue weighted by molar-refractivity contribution is 0.447. The van der Waals surface area contributed by atoms with Gasteiger partial charge in [-0.05, 0) is 64.6 Å². The molecule has 4 rings (SSSR count). The SMILES string of the molecule is CCc1ccc(-c2ccc(-c3cc(F)c(-c4cc(F)c(F)c(F)c4)c(F)c3)c(F)c2)cc1. The summed E-state index contributed by atoms with van der Waals surface area (Å²) < 4.78 is 84.4. The van der Waals surface area contributed by atoms with Crippen LogP contribution in [-0.2, 0) is 6.42 Å². The lowest BCUT2D eigenvalue weighted by atomic mass is 9.96. The standard InChI is InChI=1S/C26H16F6/c1-2-14-3-5-15(6-4-14)16-7-8-19(20(27)9-16)17-10-21(28)25(22(29)11-17)18-12-23(30)26(32)24(31)13-18/h3-13H,2H2,1H3. The number of hydrogen-bond acceptors (Lipinski definition) is 0. The minimum atomic E-state index is -1.74. The Kier molecular flexibility index (Phi) is 5.78. The van der Waals surface area contributed by atoms with Crippen molar-refractivity contribution in [2.24, 2.45) is 0 Å². The Morgan fingerprint density at radius 1 is 0.500 bits per heavy atom. The molecule has 0 N–H and O–H groups in total. The van der Waals surface area contributed by atoms with E-state index < -0.39 is 46.0 Å². The second kappa shape index (κ2) is 8.54. The third-order valence-corrected chi connectivity index (χ3v) is 5.29. The van der Waals surface area contributed by atoms with Crippen LogP contribution in [0.15, 0.2) is 66.7 Å². The summed E-state index contributed by atoms with van der Waals surface area (Å²) in [6, 6.07) is 14.6. The van der Waals surface area contributed by atoms with E-state index >= 15 is 0 Å². The molecule has 6 heteroatoms. The highest BCUT2D eigenvalue weighted by Gasteiger charge is 2.19. The molecule has 0 aliphatic carbocycles. The van der Waals surface area contributed by atoms with Gasteiger partial charge in [0.1, 0.15) is 17.5 Å². The molecule has 4 aromatic carbocycles. The summed E-state index contributed by atoms with van der Waals surface area (Å²) in [7, 11) is 0. The highest BCUT2D eigenvalue weighted by atomic mass is 19.2. The summed E-state index contributed by atoms with van der Waals surface area (Å²) in [5.41, 5.74) is 1.16. The fraction of sp³-hybridized carbons (Fsp3) is 0.0769. The van der Waals surface area contributed by atoms with E-state index in [-0.39, 0.29) is 11.1 Å². The van der Waals surface area contributed by atoms with Crippen LogP contribution in [0.5, 0.6) is 0 Å². The van der Waals surface area contributed by atoms with Gasteiger partial charge in [-0.2, -0.15) is 0 Å². The molecule has 0 spiro atoms. The fourth-order valence-corrected chi connectivity index (χ4v) is 3.57. The third-order valence-electron chi connectivity index (χ3n) is 5.29. The normalized spacial score (nSPS) is 11.1. The Morgan fingerprint density at radius 3 is 1.53 bits per heavy atom. The molecule has 0 saturated heterocycles. The zero-order valence-electron chi connectivity index (χ0n) is 16.8. The average molecular weight is 442 g/mol. The van der Waals surface area contributed by atoms with Crippen LogP contribution in [0.3, 0.4) is 0 Å². The number of rotatable bonds is 4. The highest BCUT2D eigenvalue weighted by Crippen LogP contribution is 2.34. The Bertz CT molecular complexity index is 1260. The second-order valence-electron chi connectivity index (χ2n) is 7.31. The van der Waals surface area contributed by atoms with Gasteiger partial charge >= 0.3 is 0 Å². The predicted molar refractivity (Wildman–Crippen MR) is 112 cm³/mol. The molecule has 0 amide bonds. The van der Waals surface area contributed by atoms with Crippen molar-refractivity contribution in [2.75, 3.05) is 0 Å². The first-order valence-corrected chi connectivity index (χ1v) is 9.81. The van der Waals surface area contributed by atoms with Crippen LogP contribution in [0, 0.1) is 34.9 Å². The Balaban J connectivity index is 1.73. The molecule has 0 aliphatic heterocycles. The molecule has 0 nitrogen and oxygen atoms in total. The summed E-state index contributed by atoms with van der Waals surface area (Å²) >= 11 is 0. The van der Waals surface area contributed by atoms with Gasteiger partial charge in [0.2, 0.25) is 0 Å². The van der Waals surface area contributed by atoms with Crippen molar-refractivity contribution < 1.29 is 26.3 Å². The molecule has 162 valence electrons. The average Bonchev–Trinajstić information content (AvgIpc) is 2.77. The van der Waals surface area contributed by atoms with E-state index in [0.29, 0.717) is 17.7 Å². The van der Waals surface area contributed by atoms with E-state index in [4.69, 9.17) is 0 Å². The number of aryl methyl sites for hydroxylation is 1. The minimum absolute atomic E-state index is 0.0419. The van der Waals surface area contributed by atoms with Crippen molar-refractivity contribution in [1.29, 1.82) is 0 Å². The van der Waals surface area contributed by atoms with Crippen LogP contribution in [-0.4, -0.2) is 0 Å². The van der Waals surface area contributed by atoms with E-state index in [0.717, 1.165) is 29.7 Å². The molecule has 0 aliphatic rings. The molecule has 32 heavy (non-hydrogen) atoms. The zero-order valence-corrected chi connectivity index (χ0v) is 16.8. The predicted octanol–water partition coefficient (Wildman–Crippen LogP) is 8.08. The van der Waals surface area contributed by atoms with Gasteiger partial charge in [0.25, 0.3) is 0 Å². The van der Waals surface area contributed by atoms with Crippen LogP contribution in [0.2, 0.25) is 0 Å². The van der Waals surface area contributed by atoms with Crippen molar-refractivity contribution in [1.82, 2.24) is 0 Å². The Labute approximate surface area is 180 Å². The number of hydrogen-bond donors (Lipinski definition) is 0. The topological polar surface area (TPSA) is 0 Å². The lowest BCUT2D eigenvalue weighted by Gasteiger charge is -2.11. The van der Waals surface area contributed by atoms with Crippen molar-refractivity contribution in [3.05, 3.63) is 107 Å². The van der Waals surface area contributed by atoms with Gasteiger partial charge < -0.3 is 0 Å². The zero-order chi connectivity index (χ0) is 23.0. The second-order valence-corrected chi connectivity index (χ2v) is 7.31. The summed E-state index contributed by atoms with van der Waals surface area (Å²) in [5.74, 6) is -7.90. The van der Waals surface area contributed by atoms with Gasteiger partial charge in [-0.3, -0.25) is 0 Å². The summed E-state index contributed by atoms with van der Waals surface area (Å²) in [5, 5.41) is 0. The van der Waals surface area contributed by atoms with Crippen LogP contribution >= 0.6 is 0 Å². The van der Waals surface area contributed by atoms with Gasteiger partial charge in [0.05, 0.1) is 5.56 Å². The minimum Gasteiger partial charge on any atom is -0.206 e. The van der Waals surface area contributed by atoms with E-state index in [1.165, 1.54) is 12.1 Å². The van der Waals surface area contributed by atoms with Crippen LogP contribution in [0.25, 0.3) is 33.4 Å². The fourth-order valence-electron chi connectivity index (χ4n) is 3.57. The molecule has 0 unspecified atom stereocenters. The molecule has 0 saturated carbocycles. The van der Waals surface area contributed by atoms with E-state index in [1.54, 1.807) is 6.07 Å². The van der Waals surface area contributed by atoms with Crippen LogP contribution in [0.1, 0.15) is 12.5 Å². The van der Waals surface area contributed by atoms with Crippen molar-refractivity contribution in [2.45, 2.75) is 13.3 Å². The molecule has 0 bridgehead atoms. The monoisotopic (exact) mass is 442 g/mol. The first kappa shape index (κ1) is 21.7. The first-order valence-electron chi connectivity index (χ1n) is 9.81. The van der Waals surface area contributed by atoms with Crippen molar-refractivity contribution in [3.63, 3.8) is 0 Å². The van der Waals surface area contributed by atoms with Crippen LogP contribution < -0.4 is 0 Å². The first-order chi connectivity index (χ1) is 15.3. The third kappa shape index (κ3) is 4.00.